The Morgan fingerprint density at radius 1 is 1.09 bits per heavy atom. The number of amides is 2. The fourth-order valence-corrected chi connectivity index (χ4v) is 4.71. The average Bonchev–Trinajstić information content (AvgIpc) is 3.22. The van der Waals surface area contributed by atoms with Crippen LogP contribution in [0.2, 0.25) is 0 Å². The number of likely N-dealkylation sites (tertiary alicyclic amines) is 2. The van der Waals surface area contributed by atoms with Gasteiger partial charge in [0, 0.05) is 63.1 Å². The van der Waals surface area contributed by atoms with Gasteiger partial charge in [0.25, 0.3) is 5.91 Å². The van der Waals surface area contributed by atoms with Gasteiger partial charge in [-0.1, -0.05) is 0 Å². The summed E-state index contributed by atoms with van der Waals surface area (Å²) < 4.78 is 37.1. The number of rotatable bonds is 2. The Morgan fingerprint density at radius 2 is 1.76 bits per heavy atom. The molecule has 0 radical (unpaired) electrons. The van der Waals surface area contributed by atoms with Crippen molar-refractivity contribution in [3.63, 3.8) is 0 Å². The summed E-state index contributed by atoms with van der Waals surface area (Å²) >= 11 is 0. The number of hydrogen-bond acceptors (Lipinski definition) is 5. The summed E-state index contributed by atoms with van der Waals surface area (Å²) in [4.78, 5) is 42.6. The van der Waals surface area contributed by atoms with E-state index in [4.69, 9.17) is 14.6 Å². The third-order valence-electron chi connectivity index (χ3n) is 6.42. The Hall–Kier alpha value is -2.69. The number of carbonyl (C=O) groups excluding carboxylic acids is 2. The summed E-state index contributed by atoms with van der Waals surface area (Å²) in [5.41, 5.74) is 0.717. The van der Waals surface area contributed by atoms with Crippen LogP contribution in [0.3, 0.4) is 0 Å². The Labute approximate surface area is 189 Å². The lowest BCUT2D eigenvalue weighted by molar-refractivity contribution is -0.192. The molecule has 0 bridgehead atoms. The molecule has 0 saturated carbocycles. The molecule has 0 aliphatic carbocycles. The van der Waals surface area contributed by atoms with Crippen molar-refractivity contribution in [3.05, 3.63) is 30.1 Å². The number of nitrogens with zero attached hydrogens (tertiary/aromatic N) is 3. The molecular weight excluding hydrogens is 443 g/mol. The van der Waals surface area contributed by atoms with Gasteiger partial charge in [-0.15, -0.1) is 0 Å². The lowest BCUT2D eigenvalue weighted by atomic mass is 9.79. The molecule has 1 aromatic rings. The van der Waals surface area contributed by atoms with Crippen LogP contribution in [-0.4, -0.2) is 83.2 Å². The number of ether oxygens (including phenoxy) is 1. The Balaban J connectivity index is 0.000000383. The normalized spacial score (nSPS) is 23.7. The summed E-state index contributed by atoms with van der Waals surface area (Å²) in [6.45, 7) is 4.55. The summed E-state index contributed by atoms with van der Waals surface area (Å²) in [5.74, 6) is -2.28. The molecular formula is C22H28F3N3O5. The van der Waals surface area contributed by atoms with Gasteiger partial charge in [-0.05, 0) is 44.2 Å². The van der Waals surface area contributed by atoms with Crippen LogP contribution in [-0.2, 0) is 14.3 Å². The van der Waals surface area contributed by atoms with Crippen LogP contribution in [0.1, 0.15) is 42.5 Å². The van der Waals surface area contributed by atoms with E-state index in [-0.39, 0.29) is 17.2 Å². The second kappa shape index (κ2) is 10.5. The molecule has 4 heterocycles. The van der Waals surface area contributed by atoms with E-state index in [9.17, 15) is 22.8 Å². The average molecular weight is 471 g/mol. The highest BCUT2D eigenvalue weighted by molar-refractivity contribution is 5.94. The first-order chi connectivity index (χ1) is 15.6. The molecule has 3 aliphatic heterocycles. The quantitative estimate of drug-likeness (QED) is 0.712. The van der Waals surface area contributed by atoms with Crippen LogP contribution in [0.4, 0.5) is 13.2 Å². The number of carboxylic acids is 1. The van der Waals surface area contributed by atoms with E-state index >= 15 is 0 Å². The van der Waals surface area contributed by atoms with Crippen molar-refractivity contribution >= 4 is 17.8 Å². The van der Waals surface area contributed by atoms with E-state index in [0.717, 1.165) is 58.3 Å². The lowest BCUT2D eigenvalue weighted by Gasteiger charge is -2.40. The molecule has 1 N–H and O–H groups in total. The minimum Gasteiger partial charge on any atom is -0.475 e. The van der Waals surface area contributed by atoms with E-state index in [0.29, 0.717) is 24.7 Å². The number of pyridine rings is 1. The molecule has 2 amide bonds. The van der Waals surface area contributed by atoms with Crippen molar-refractivity contribution in [2.24, 2.45) is 11.3 Å². The molecule has 1 spiro atoms. The van der Waals surface area contributed by atoms with Crippen LogP contribution in [0, 0.1) is 11.3 Å². The fraction of sp³-hybridized carbons (Fsp3) is 0.636. The number of aliphatic carboxylic acids is 1. The molecule has 8 nitrogen and oxygen atoms in total. The van der Waals surface area contributed by atoms with Gasteiger partial charge in [0.1, 0.15) is 0 Å². The first kappa shape index (κ1) is 24.9. The molecule has 3 fully saturated rings. The van der Waals surface area contributed by atoms with Crippen LogP contribution in [0.15, 0.2) is 24.5 Å². The zero-order chi connectivity index (χ0) is 24.1. The van der Waals surface area contributed by atoms with Crippen molar-refractivity contribution in [1.82, 2.24) is 14.8 Å². The van der Waals surface area contributed by atoms with E-state index in [2.05, 4.69) is 4.98 Å². The number of alkyl halides is 3. The highest BCUT2D eigenvalue weighted by Crippen LogP contribution is 2.40. The molecule has 1 unspecified atom stereocenters. The third-order valence-corrected chi connectivity index (χ3v) is 6.42. The number of carboxylic acid groups (broad SMARTS) is 1. The van der Waals surface area contributed by atoms with Crippen LogP contribution < -0.4 is 0 Å². The van der Waals surface area contributed by atoms with Crippen molar-refractivity contribution in [1.29, 1.82) is 0 Å². The summed E-state index contributed by atoms with van der Waals surface area (Å²) in [6.07, 6.45) is 3.03. The van der Waals surface area contributed by atoms with Gasteiger partial charge in [0.2, 0.25) is 5.91 Å². The monoisotopic (exact) mass is 471 g/mol. The smallest absolute Gasteiger partial charge is 0.475 e. The number of hydrogen-bond donors (Lipinski definition) is 1. The molecule has 3 saturated heterocycles. The summed E-state index contributed by atoms with van der Waals surface area (Å²) in [5, 5.41) is 7.12. The van der Waals surface area contributed by atoms with Gasteiger partial charge < -0.3 is 19.6 Å². The largest absolute Gasteiger partial charge is 0.490 e. The summed E-state index contributed by atoms with van der Waals surface area (Å²) in [6, 6.07) is 3.63. The van der Waals surface area contributed by atoms with Crippen molar-refractivity contribution in [2.75, 3.05) is 39.4 Å². The van der Waals surface area contributed by atoms with Gasteiger partial charge in [-0.3, -0.25) is 14.6 Å². The standard InChI is InChI=1S/C20H27N3O3.C2HF3O2/c24-18(16-4-11-26-12-5-16)23-10-7-20(15-23)6-2-9-22(14-20)19(25)17-3-1-8-21-13-17;3-2(4,5)1(6)7/h1,3,8,13,16H,2,4-7,9-12,14-15H2;(H,6,7). The van der Waals surface area contributed by atoms with Crippen LogP contribution in [0.5, 0.6) is 0 Å². The fourth-order valence-electron chi connectivity index (χ4n) is 4.71. The third kappa shape index (κ3) is 6.43. The molecule has 182 valence electrons. The Morgan fingerprint density at radius 3 is 2.36 bits per heavy atom. The number of piperidine rings is 1. The van der Waals surface area contributed by atoms with Gasteiger partial charge in [-0.25, -0.2) is 4.79 Å². The topological polar surface area (TPSA) is 100 Å². The lowest BCUT2D eigenvalue weighted by Crippen LogP contribution is -2.48. The maximum atomic E-state index is 12.8. The number of carbonyl (C=O) groups is 3. The van der Waals surface area contributed by atoms with Crippen LogP contribution in [0.25, 0.3) is 0 Å². The first-order valence-electron chi connectivity index (χ1n) is 11.0. The van der Waals surface area contributed by atoms with E-state index in [1.165, 1.54) is 0 Å². The maximum absolute atomic E-state index is 12.8. The zero-order valence-corrected chi connectivity index (χ0v) is 18.2. The Bertz CT molecular complexity index is 845. The predicted molar refractivity (Wildman–Crippen MR) is 110 cm³/mol. The molecule has 1 atom stereocenters. The van der Waals surface area contributed by atoms with Gasteiger partial charge >= 0.3 is 12.1 Å². The molecule has 3 aliphatic rings. The van der Waals surface area contributed by atoms with E-state index in [1.54, 1.807) is 18.5 Å². The van der Waals surface area contributed by atoms with Crippen molar-refractivity contribution in [3.8, 4) is 0 Å². The highest BCUT2D eigenvalue weighted by Gasteiger charge is 2.45. The predicted octanol–water partition coefficient (Wildman–Crippen LogP) is 2.60. The van der Waals surface area contributed by atoms with Crippen LogP contribution >= 0.6 is 0 Å². The highest BCUT2D eigenvalue weighted by atomic mass is 19.4. The number of aromatic nitrogens is 1. The second-order valence-electron chi connectivity index (χ2n) is 8.77. The SMILES string of the molecule is O=C(O)C(F)(F)F.O=C(c1cccnc1)N1CCCC2(CCN(C(=O)C3CCOCC3)C2)C1. The molecule has 1 aromatic heterocycles. The van der Waals surface area contributed by atoms with Gasteiger partial charge in [-0.2, -0.15) is 13.2 Å². The van der Waals surface area contributed by atoms with Gasteiger partial charge in [0.15, 0.2) is 0 Å². The summed E-state index contributed by atoms with van der Waals surface area (Å²) in [7, 11) is 0. The molecule has 4 rings (SSSR count). The molecule has 11 heteroatoms. The zero-order valence-electron chi connectivity index (χ0n) is 18.2. The van der Waals surface area contributed by atoms with E-state index < -0.39 is 12.1 Å². The minimum absolute atomic E-state index is 0.0615. The first-order valence-corrected chi connectivity index (χ1v) is 11.0. The van der Waals surface area contributed by atoms with Gasteiger partial charge in [0.05, 0.1) is 5.56 Å². The Kier molecular flexibility index (Phi) is 7.93. The minimum atomic E-state index is -5.08. The molecule has 33 heavy (non-hydrogen) atoms. The second-order valence-corrected chi connectivity index (χ2v) is 8.77. The maximum Gasteiger partial charge on any atom is 0.490 e. The van der Waals surface area contributed by atoms with Crippen molar-refractivity contribution < 1.29 is 37.4 Å². The molecule has 0 aromatic carbocycles. The number of halogens is 3. The van der Waals surface area contributed by atoms with Crippen molar-refractivity contribution in [2.45, 2.75) is 38.3 Å². The van der Waals surface area contributed by atoms with E-state index in [1.807, 2.05) is 15.9 Å².